The fraction of sp³-hybridized carbons (Fsp3) is 0. The lowest BCUT2D eigenvalue weighted by molar-refractivity contribution is 1.30. The van der Waals surface area contributed by atoms with Gasteiger partial charge in [-0.2, -0.15) is 0 Å². The molecule has 134 valence electrons. The quantitative estimate of drug-likeness (QED) is 0.296. The molecule has 2 heterocycles. The van der Waals surface area contributed by atoms with Gasteiger partial charge in [-0.1, -0.05) is 59.9 Å². The first-order valence-electron chi connectivity index (χ1n) is 9.20. The molecule has 2 aliphatic heterocycles. The van der Waals surface area contributed by atoms with E-state index in [-0.39, 0.29) is 0 Å². The highest BCUT2D eigenvalue weighted by Crippen LogP contribution is 2.47. The van der Waals surface area contributed by atoms with Crippen molar-refractivity contribution in [2.24, 2.45) is 0 Å². The van der Waals surface area contributed by atoms with E-state index in [2.05, 4.69) is 95.6 Å². The fourth-order valence-corrected chi connectivity index (χ4v) is 5.57. The van der Waals surface area contributed by atoms with Crippen molar-refractivity contribution in [3.8, 4) is 11.1 Å². The number of anilines is 4. The highest BCUT2D eigenvalue weighted by molar-refractivity contribution is 8.00. The van der Waals surface area contributed by atoms with Crippen LogP contribution in [-0.2, 0) is 0 Å². The lowest BCUT2D eigenvalue weighted by Gasteiger charge is -2.23. The zero-order valence-electron chi connectivity index (χ0n) is 14.9. The second-order valence-corrected chi connectivity index (χ2v) is 9.04. The Morgan fingerprint density at radius 1 is 0.429 bits per heavy atom. The number of rotatable bonds is 1. The molecule has 0 saturated heterocycles. The molecule has 4 aromatic carbocycles. The van der Waals surface area contributed by atoms with Gasteiger partial charge in [0.05, 0.1) is 22.7 Å². The summed E-state index contributed by atoms with van der Waals surface area (Å²) in [7, 11) is 0. The molecule has 2 N–H and O–H groups in total. The van der Waals surface area contributed by atoms with Crippen LogP contribution >= 0.6 is 23.5 Å². The second kappa shape index (κ2) is 6.36. The van der Waals surface area contributed by atoms with Crippen LogP contribution in [0.15, 0.2) is 105 Å². The van der Waals surface area contributed by atoms with Crippen molar-refractivity contribution in [2.45, 2.75) is 19.6 Å². The topological polar surface area (TPSA) is 24.1 Å². The summed E-state index contributed by atoms with van der Waals surface area (Å²) in [6.45, 7) is 0. The van der Waals surface area contributed by atoms with E-state index in [0.29, 0.717) is 0 Å². The third kappa shape index (κ3) is 2.68. The SMILES string of the molecule is c1ccc2c(c1)Nc1cc(-c3ccc4c(c3)Nc3ccccc3S4)ccc1S2. The molecule has 6 rings (SSSR count). The maximum Gasteiger partial charge on any atom is 0.0532 e. The second-order valence-electron chi connectivity index (χ2n) is 6.87. The first-order chi connectivity index (χ1) is 13.8. The van der Waals surface area contributed by atoms with E-state index in [4.69, 9.17) is 0 Å². The van der Waals surface area contributed by atoms with Gasteiger partial charge in [0.25, 0.3) is 0 Å². The molecule has 4 aromatic rings. The van der Waals surface area contributed by atoms with Crippen molar-refractivity contribution >= 4 is 46.3 Å². The van der Waals surface area contributed by atoms with Crippen LogP contribution in [0.5, 0.6) is 0 Å². The molecule has 0 radical (unpaired) electrons. The molecule has 4 heteroatoms. The molecule has 28 heavy (non-hydrogen) atoms. The van der Waals surface area contributed by atoms with Crippen LogP contribution in [0.2, 0.25) is 0 Å². The Kier molecular flexibility index (Phi) is 3.67. The number of benzene rings is 4. The summed E-state index contributed by atoms with van der Waals surface area (Å²) in [6, 6.07) is 30.3. The van der Waals surface area contributed by atoms with Gasteiger partial charge in [-0.25, -0.2) is 0 Å². The molecule has 0 fully saturated rings. The Morgan fingerprint density at radius 2 is 0.857 bits per heavy atom. The minimum atomic E-state index is 1.17. The van der Waals surface area contributed by atoms with Crippen molar-refractivity contribution in [1.82, 2.24) is 0 Å². The Labute approximate surface area is 172 Å². The van der Waals surface area contributed by atoms with Crippen LogP contribution < -0.4 is 10.6 Å². The minimum Gasteiger partial charge on any atom is -0.354 e. The van der Waals surface area contributed by atoms with Gasteiger partial charge in [0.2, 0.25) is 0 Å². The van der Waals surface area contributed by atoms with Crippen LogP contribution in [0.3, 0.4) is 0 Å². The molecule has 0 aliphatic carbocycles. The average Bonchev–Trinajstić information content (AvgIpc) is 2.75. The van der Waals surface area contributed by atoms with E-state index in [9.17, 15) is 0 Å². The van der Waals surface area contributed by atoms with Gasteiger partial charge in [-0.15, -0.1) is 0 Å². The molecular formula is C24H16N2S2. The summed E-state index contributed by atoms with van der Waals surface area (Å²) < 4.78 is 0. The van der Waals surface area contributed by atoms with E-state index in [1.165, 1.54) is 53.5 Å². The molecule has 2 nitrogen and oxygen atoms in total. The first-order valence-corrected chi connectivity index (χ1v) is 10.8. The van der Waals surface area contributed by atoms with E-state index in [1.54, 1.807) is 0 Å². The average molecular weight is 397 g/mol. The van der Waals surface area contributed by atoms with Crippen molar-refractivity contribution in [1.29, 1.82) is 0 Å². The van der Waals surface area contributed by atoms with Gasteiger partial charge in [0, 0.05) is 19.6 Å². The predicted molar refractivity (Wildman–Crippen MR) is 120 cm³/mol. The van der Waals surface area contributed by atoms with Crippen LogP contribution in [0.25, 0.3) is 11.1 Å². The zero-order chi connectivity index (χ0) is 18.5. The molecule has 0 unspecified atom stereocenters. The fourth-order valence-electron chi connectivity index (χ4n) is 3.64. The molecule has 0 bridgehead atoms. The van der Waals surface area contributed by atoms with Crippen molar-refractivity contribution in [2.75, 3.05) is 10.6 Å². The molecular weight excluding hydrogens is 380 g/mol. The number of para-hydroxylation sites is 2. The summed E-state index contributed by atoms with van der Waals surface area (Å²) in [6.07, 6.45) is 0. The molecule has 0 aromatic heterocycles. The smallest absolute Gasteiger partial charge is 0.0532 e. The normalized spacial score (nSPS) is 13.3. The maximum absolute atomic E-state index is 3.59. The molecule has 0 spiro atoms. The number of hydrogen-bond donors (Lipinski definition) is 2. The number of hydrogen-bond acceptors (Lipinski definition) is 4. The summed E-state index contributed by atoms with van der Waals surface area (Å²) in [4.78, 5) is 5.08. The summed E-state index contributed by atoms with van der Waals surface area (Å²) in [5, 5.41) is 7.17. The van der Waals surface area contributed by atoms with Crippen LogP contribution in [0.1, 0.15) is 0 Å². The van der Waals surface area contributed by atoms with Crippen molar-refractivity contribution in [3.05, 3.63) is 84.9 Å². The Morgan fingerprint density at radius 3 is 1.36 bits per heavy atom. The Balaban J connectivity index is 1.36. The van der Waals surface area contributed by atoms with E-state index >= 15 is 0 Å². The van der Waals surface area contributed by atoms with E-state index in [0.717, 1.165) is 0 Å². The van der Waals surface area contributed by atoms with E-state index in [1.807, 2.05) is 23.5 Å². The molecule has 0 saturated carbocycles. The van der Waals surface area contributed by atoms with Gasteiger partial charge < -0.3 is 10.6 Å². The minimum absolute atomic E-state index is 1.17. The summed E-state index contributed by atoms with van der Waals surface area (Å²) in [5.74, 6) is 0. The van der Waals surface area contributed by atoms with Crippen molar-refractivity contribution < 1.29 is 0 Å². The van der Waals surface area contributed by atoms with Crippen LogP contribution in [0, 0.1) is 0 Å². The lowest BCUT2D eigenvalue weighted by atomic mass is 10.0. The van der Waals surface area contributed by atoms with Gasteiger partial charge >= 0.3 is 0 Å². The molecule has 0 atom stereocenters. The molecule has 2 aliphatic rings. The van der Waals surface area contributed by atoms with E-state index < -0.39 is 0 Å². The third-order valence-corrected chi connectivity index (χ3v) is 7.35. The highest BCUT2D eigenvalue weighted by Gasteiger charge is 2.18. The van der Waals surface area contributed by atoms with Crippen LogP contribution in [-0.4, -0.2) is 0 Å². The van der Waals surface area contributed by atoms with Crippen molar-refractivity contribution in [3.63, 3.8) is 0 Å². The van der Waals surface area contributed by atoms with Crippen LogP contribution in [0.4, 0.5) is 22.7 Å². The maximum atomic E-state index is 3.59. The highest BCUT2D eigenvalue weighted by atomic mass is 32.2. The Hall–Kier alpha value is -2.82. The number of nitrogens with one attached hydrogen (secondary N) is 2. The van der Waals surface area contributed by atoms with Gasteiger partial charge in [-0.3, -0.25) is 0 Å². The Bertz CT molecular complexity index is 1140. The lowest BCUT2D eigenvalue weighted by Crippen LogP contribution is -2.01. The van der Waals surface area contributed by atoms with Gasteiger partial charge in [-0.05, 0) is 59.7 Å². The van der Waals surface area contributed by atoms with Gasteiger partial charge in [0.1, 0.15) is 0 Å². The largest absolute Gasteiger partial charge is 0.354 e. The molecule has 0 amide bonds. The number of fused-ring (bicyclic) bond motifs is 4. The first kappa shape index (κ1) is 16.2. The standard InChI is InChI=1S/C24H16N2S2/c1-3-7-21-17(5-1)25-19-13-15(9-11-23(19)27-21)16-10-12-24-20(14-16)26-18-6-2-4-8-22(18)28-24/h1-14,25-26H. The zero-order valence-corrected chi connectivity index (χ0v) is 16.5. The predicted octanol–water partition coefficient (Wildman–Crippen LogP) is 7.77. The summed E-state index contributed by atoms with van der Waals surface area (Å²) in [5.41, 5.74) is 7.15. The summed E-state index contributed by atoms with van der Waals surface area (Å²) >= 11 is 3.65. The third-order valence-electron chi connectivity index (χ3n) is 5.05. The monoisotopic (exact) mass is 396 g/mol. The van der Waals surface area contributed by atoms with Gasteiger partial charge in [0.15, 0.2) is 0 Å².